The zero-order valence-corrected chi connectivity index (χ0v) is 12.4. The van der Waals surface area contributed by atoms with Crippen molar-refractivity contribution in [2.24, 2.45) is 0 Å². The van der Waals surface area contributed by atoms with Crippen LogP contribution in [0.2, 0.25) is 0 Å². The van der Waals surface area contributed by atoms with Crippen molar-refractivity contribution in [3.63, 3.8) is 0 Å². The molecule has 0 amide bonds. The number of hydrogen-bond acceptors (Lipinski definition) is 4. The second-order valence-electron chi connectivity index (χ2n) is 4.99. The standard InChI is InChI=1S/C17H19NO3/c1-11-8-13(4-6-15(11)17(20)21-3)10-18-16-7-5-14(19)9-12(16)2/h4-9,18-19H,10H2,1-3H3. The van der Waals surface area contributed by atoms with Crippen molar-refractivity contribution in [1.82, 2.24) is 0 Å². The molecule has 0 saturated carbocycles. The Hall–Kier alpha value is -2.49. The Labute approximate surface area is 124 Å². The fourth-order valence-electron chi connectivity index (χ4n) is 2.22. The Bertz CT molecular complexity index is 665. The Morgan fingerprint density at radius 2 is 1.90 bits per heavy atom. The molecule has 110 valence electrons. The van der Waals surface area contributed by atoms with Gasteiger partial charge in [0.15, 0.2) is 0 Å². The number of nitrogens with one attached hydrogen (secondary N) is 1. The first-order valence-electron chi connectivity index (χ1n) is 6.72. The van der Waals surface area contributed by atoms with Crippen molar-refractivity contribution in [2.75, 3.05) is 12.4 Å². The van der Waals surface area contributed by atoms with E-state index in [9.17, 15) is 9.90 Å². The molecule has 21 heavy (non-hydrogen) atoms. The average molecular weight is 285 g/mol. The first-order valence-corrected chi connectivity index (χ1v) is 6.72. The van der Waals surface area contributed by atoms with E-state index in [0.717, 1.165) is 22.4 Å². The summed E-state index contributed by atoms with van der Waals surface area (Å²) >= 11 is 0. The molecule has 2 aromatic carbocycles. The lowest BCUT2D eigenvalue weighted by Gasteiger charge is -2.11. The molecule has 0 aliphatic heterocycles. The number of aromatic hydroxyl groups is 1. The molecule has 0 aliphatic rings. The fourth-order valence-corrected chi connectivity index (χ4v) is 2.22. The molecule has 0 heterocycles. The fraction of sp³-hybridized carbons (Fsp3) is 0.235. The lowest BCUT2D eigenvalue weighted by molar-refractivity contribution is 0.0600. The Kier molecular flexibility index (Phi) is 4.48. The molecule has 0 aromatic heterocycles. The average Bonchev–Trinajstić information content (AvgIpc) is 2.45. The maximum absolute atomic E-state index is 11.5. The van der Waals surface area contributed by atoms with Gasteiger partial charge in [-0.2, -0.15) is 0 Å². The van der Waals surface area contributed by atoms with E-state index >= 15 is 0 Å². The molecule has 0 fully saturated rings. The van der Waals surface area contributed by atoms with Crippen LogP contribution in [0.15, 0.2) is 36.4 Å². The zero-order valence-electron chi connectivity index (χ0n) is 12.4. The van der Waals surface area contributed by atoms with E-state index in [1.807, 2.05) is 32.0 Å². The van der Waals surface area contributed by atoms with Crippen molar-refractivity contribution in [2.45, 2.75) is 20.4 Å². The number of phenols is 1. The Morgan fingerprint density at radius 1 is 1.14 bits per heavy atom. The van der Waals surface area contributed by atoms with Crippen LogP contribution in [0.5, 0.6) is 5.75 Å². The SMILES string of the molecule is COC(=O)c1ccc(CNc2ccc(O)cc2C)cc1C. The molecule has 0 bridgehead atoms. The molecule has 0 unspecified atom stereocenters. The van der Waals surface area contributed by atoms with E-state index in [1.54, 1.807) is 18.2 Å². The summed E-state index contributed by atoms with van der Waals surface area (Å²) in [5.74, 6) is -0.0577. The number of esters is 1. The minimum Gasteiger partial charge on any atom is -0.508 e. The van der Waals surface area contributed by atoms with Gasteiger partial charge in [0.25, 0.3) is 0 Å². The smallest absolute Gasteiger partial charge is 0.338 e. The normalized spacial score (nSPS) is 10.2. The van der Waals surface area contributed by atoms with Gasteiger partial charge in [0.1, 0.15) is 5.75 Å². The molecule has 0 aliphatic carbocycles. The lowest BCUT2D eigenvalue weighted by Crippen LogP contribution is -2.06. The Balaban J connectivity index is 2.10. The van der Waals surface area contributed by atoms with Gasteiger partial charge in [0, 0.05) is 12.2 Å². The van der Waals surface area contributed by atoms with Gasteiger partial charge >= 0.3 is 5.97 Å². The summed E-state index contributed by atoms with van der Waals surface area (Å²) in [6.07, 6.45) is 0. The van der Waals surface area contributed by atoms with E-state index in [2.05, 4.69) is 5.32 Å². The third-order valence-corrected chi connectivity index (χ3v) is 3.39. The second kappa shape index (κ2) is 6.31. The molecule has 0 spiro atoms. The number of rotatable bonds is 4. The lowest BCUT2D eigenvalue weighted by atomic mass is 10.0. The number of carbonyl (C=O) groups is 1. The predicted octanol–water partition coefficient (Wildman–Crippen LogP) is 3.41. The van der Waals surface area contributed by atoms with Gasteiger partial charge in [0.2, 0.25) is 0 Å². The molecule has 4 nitrogen and oxygen atoms in total. The molecule has 2 N–H and O–H groups in total. The molecule has 0 atom stereocenters. The highest BCUT2D eigenvalue weighted by Gasteiger charge is 2.09. The van der Waals surface area contributed by atoms with Crippen LogP contribution in [0.1, 0.15) is 27.0 Å². The summed E-state index contributed by atoms with van der Waals surface area (Å²) in [4.78, 5) is 11.5. The number of hydrogen-bond donors (Lipinski definition) is 2. The van der Waals surface area contributed by atoms with Gasteiger partial charge in [-0.1, -0.05) is 12.1 Å². The summed E-state index contributed by atoms with van der Waals surface area (Å²) in [6, 6.07) is 10.9. The van der Waals surface area contributed by atoms with Crippen LogP contribution in [0, 0.1) is 13.8 Å². The van der Waals surface area contributed by atoms with Crippen LogP contribution < -0.4 is 5.32 Å². The summed E-state index contributed by atoms with van der Waals surface area (Å²) in [6.45, 7) is 4.48. The van der Waals surface area contributed by atoms with E-state index in [4.69, 9.17) is 4.74 Å². The maximum Gasteiger partial charge on any atom is 0.338 e. The summed E-state index contributed by atoms with van der Waals surface area (Å²) in [7, 11) is 1.38. The third kappa shape index (κ3) is 3.54. The highest BCUT2D eigenvalue weighted by molar-refractivity contribution is 5.91. The van der Waals surface area contributed by atoms with Gasteiger partial charge in [-0.25, -0.2) is 4.79 Å². The van der Waals surface area contributed by atoms with E-state index in [1.165, 1.54) is 7.11 Å². The molecular formula is C17H19NO3. The van der Waals surface area contributed by atoms with Gasteiger partial charge in [-0.3, -0.25) is 0 Å². The van der Waals surface area contributed by atoms with Crippen molar-refractivity contribution in [3.8, 4) is 5.75 Å². The summed E-state index contributed by atoms with van der Waals surface area (Å²) in [5.41, 5.74) is 4.51. The maximum atomic E-state index is 11.5. The van der Waals surface area contributed by atoms with E-state index < -0.39 is 0 Å². The second-order valence-corrected chi connectivity index (χ2v) is 4.99. The van der Waals surface area contributed by atoms with Crippen LogP contribution in [0.3, 0.4) is 0 Å². The number of aryl methyl sites for hydroxylation is 2. The predicted molar refractivity (Wildman–Crippen MR) is 82.7 cm³/mol. The van der Waals surface area contributed by atoms with Crippen molar-refractivity contribution in [3.05, 3.63) is 58.7 Å². The molecule has 2 rings (SSSR count). The van der Waals surface area contributed by atoms with Crippen molar-refractivity contribution < 1.29 is 14.6 Å². The molecular weight excluding hydrogens is 266 g/mol. The number of ether oxygens (including phenoxy) is 1. The van der Waals surface area contributed by atoms with E-state index in [-0.39, 0.29) is 11.7 Å². The molecule has 4 heteroatoms. The van der Waals surface area contributed by atoms with Gasteiger partial charge in [-0.15, -0.1) is 0 Å². The first kappa shape index (κ1) is 14.9. The first-order chi connectivity index (χ1) is 10.0. The summed E-state index contributed by atoms with van der Waals surface area (Å²) in [5, 5.41) is 12.7. The minimum atomic E-state index is -0.318. The highest BCUT2D eigenvalue weighted by atomic mass is 16.5. The van der Waals surface area contributed by atoms with Gasteiger partial charge in [0.05, 0.1) is 12.7 Å². The van der Waals surface area contributed by atoms with Crippen LogP contribution in [-0.4, -0.2) is 18.2 Å². The highest BCUT2D eigenvalue weighted by Crippen LogP contribution is 2.21. The molecule has 0 saturated heterocycles. The van der Waals surface area contributed by atoms with Crippen molar-refractivity contribution in [1.29, 1.82) is 0 Å². The number of benzene rings is 2. The number of anilines is 1. The van der Waals surface area contributed by atoms with Crippen LogP contribution >= 0.6 is 0 Å². The van der Waals surface area contributed by atoms with Crippen LogP contribution in [-0.2, 0) is 11.3 Å². The number of methoxy groups -OCH3 is 1. The number of carbonyl (C=O) groups excluding carboxylic acids is 1. The molecule has 0 radical (unpaired) electrons. The van der Waals surface area contributed by atoms with Crippen molar-refractivity contribution >= 4 is 11.7 Å². The molecule has 2 aromatic rings. The Morgan fingerprint density at radius 3 is 2.52 bits per heavy atom. The van der Waals surface area contributed by atoms with Gasteiger partial charge in [-0.05, 0) is 54.8 Å². The monoisotopic (exact) mass is 285 g/mol. The zero-order chi connectivity index (χ0) is 15.4. The quantitative estimate of drug-likeness (QED) is 0.667. The largest absolute Gasteiger partial charge is 0.508 e. The summed E-state index contributed by atoms with van der Waals surface area (Å²) < 4.78 is 4.73. The number of phenolic OH excluding ortho intramolecular Hbond substituents is 1. The van der Waals surface area contributed by atoms with Gasteiger partial charge < -0.3 is 15.2 Å². The third-order valence-electron chi connectivity index (χ3n) is 3.39. The van der Waals surface area contributed by atoms with Crippen LogP contribution in [0.25, 0.3) is 0 Å². The topological polar surface area (TPSA) is 58.6 Å². The minimum absolute atomic E-state index is 0.260. The van der Waals surface area contributed by atoms with Crippen LogP contribution in [0.4, 0.5) is 5.69 Å². The van der Waals surface area contributed by atoms with E-state index in [0.29, 0.717) is 12.1 Å².